The highest BCUT2D eigenvalue weighted by Crippen LogP contribution is 2.33. The highest BCUT2D eigenvalue weighted by atomic mass is 16.7. The van der Waals surface area contributed by atoms with Crippen LogP contribution in [0.5, 0.6) is 11.5 Å². The summed E-state index contributed by atoms with van der Waals surface area (Å²) in [6, 6.07) is 16.9. The molecule has 2 aliphatic rings. The third kappa shape index (κ3) is 22.7. The van der Waals surface area contributed by atoms with Crippen LogP contribution in [-0.4, -0.2) is 61.4 Å². The van der Waals surface area contributed by atoms with Crippen LogP contribution in [-0.2, 0) is 18.9 Å². The van der Waals surface area contributed by atoms with E-state index in [1.54, 1.807) is 0 Å². The summed E-state index contributed by atoms with van der Waals surface area (Å²) in [6.45, 7) is 11.7. The molecule has 0 amide bonds. The molecule has 2 saturated heterocycles. The van der Waals surface area contributed by atoms with Crippen molar-refractivity contribution in [2.24, 2.45) is 0 Å². The number of allylic oxidation sites excluding steroid dienone is 1. The fourth-order valence-corrected chi connectivity index (χ4v) is 8.93. The normalized spacial score (nSPS) is 22.2. The van der Waals surface area contributed by atoms with Crippen LogP contribution < -0.4 is 9.47 Å². The molecule has 61 heavy (non-hydrogen) atoms. The second-order valence-electron chi connectivity index (χ2n) is 18.2. The number of unbranched alkanes of at least 4 members (excludes halogenated alkanes) is 18. The molecule has 0 aromatic heterocycles. The van der Waals surface area contributed by atoms with Gasteiger partial charge in [0, 0.05) is 19.3 Å². The zero-order valence-corrected chi connectivity index (χ0v) is 39.1. The van der Waals surface area contributed by atoms with Crippen molar-refractivity contribution >= 4 is 0 Å². The van der Waals surface area contributed by atoms with Crippen LogP contribution in [0.1, 0.15) is 201 Å². The molecule has 0 radical (unpaired) electrons. The molecule has 2 aromatic carbocycles. The number of aliphatic hydroxyl groups is 1. The van der Waals surface area contributed by atoms with E-state index < -0.39 is 0 Å². The predicted octanol–water partition coefficient (Wildman–Crippen LogP) is 14.9. The van der Waals surface area contributed by atoms with E-state index in [0.717, 1.165) is 95.3 Å². The van der Waals surface area contributed by atoms with E-state index in [-0.39, 0.29) is 43.1 Å². The minimum absolute atomic E-state index is 0.0320. The summed E-state index contributed by atoms with van der Waals surface area (Å²) in [7, 11) is 0. The smallest absolute Gasteiger partial charge is 0.158 e. The SMILES string of the molecule is C=CCCCCCCCCCOc1ccc(-c2ccc(OCCCCCCCCCCC3OC(CC(C)O)CC(CC4CC(CC)OC(CCCCCCC)O4)O3)cc2)cc1. The van der Waals surface area contributed by atoms with Crippen molar-refractivity contribution in [2.75, 3.05) is 13.2 Å². The summed E-state index contributed by atoms with van der Waals surface area (Å²) in [6.07, 6.45) is 34.1. The molecule has 1 N–H and O–H groups in total. The van der Waals surface area contributed by atoms with E-state index in [4.69, 9.17) is 28.4 Å². The molecule has 0 saturated carbocycles. The molecule has 7 nitrogen and oxygen atoms in total. The highest BCUT2D eigenvalue weighted by molar-refractivity contribution is 5.64. The van der Waals surface area contributed by atoms with Crippen molar-refractivity contribution in [1.29, 1.82) is 0 Å². The van der Waals surface area contributed by atoms with Crippen molar-refractivity contribution in [2.45, 2.75) is 244 Å². The van der Waals surface area contributed by atoms with Crippen LogP contribution >= 0.6 is 0 Å². The van der Waals surface area contributed by atoms with Gasteiger partial charge in [0.2, 0.25) is 0 Å². The van der Waals surface area contributed by atoms with Crippen molar-refractivity contribution in [3.8, 4) is 22.6 Å². The van der Waals surface area contributed by atoms with Crippen LogP contribution in [0.3, 0.4) is 0 Å². The monoisotopic (exact) mass is 849 g/mol. The zero-order valence-electron chi connectivity index (χ0n) is 39.1. The van der Waals surface area contributed by atoms with Crippen LogP contribution in [0.15, 0.2) is 61.2 Å². The van der Waals surface area contributed by atoms with Gasteiger partial charge in [0.1, 0.15) is 11.5 Å². The Kier molecular flexibility index (Phi) is 27.1. The van der Waals surface area contributed by atoms with Crippen LogP contribution in [0, 0.1) is 0 Å². The molecule has 2 aromatic rings. The van der Waals surface area contributed by atoms with Gasteiger partial charge in [-0.05, 0) is 107 Å². The maximum atomic E-state index is 10.2. The first-order valence-corrected chi connectivity index (χ1v) is 25.3. The summed E-state index contributed by atoms with van der Waals surface area (Å²) >= 11 is 0. The third-order valence-corrected chi connectivity index (χ3v) is 12.5. The quantitative estimate of drug-likeness (QED) is 0.0547. The van der Waals surface area contributed by atoms with Gasteiger partial charge in [-0.1, -0.05) is 141 Å². The fraction of sp³-hybridized carbons (Fsp3) is 0.741. The van der Waals surface area contributed by atoms with E-state index in [2.05, 4.69) is 69.0 Å². The van der Waals surface area contributed by atoms with Crippen molar-refractivity contribution < 1.29 is 33.5 Å². The molecule has 0 aliphatic carbocycles. The minimum Gasteiger partial charge on any atom is -0.494 e. The molecular formula is C54H88O7. The Morgan fingerprint density at radius 2 is 0.967 bits per heavy atom. The van der Waals surface area contributed by atoms with Gasteiger partial charge in [0.15, 0.2) is 12.6 Å². The topological polar surface area (TPSA) is 75.6 Å². The molecule has 0 bridgehead atoms. The molecule has 2 fully saturated rings. The Labute approximate surface area is 373 Å². The van der Waals surface area contributed by atoms with Gasteiger partial charge in [-0.3, -0.25) is 0 Å². The molecule has 7 unspecified atom stereocenters. The molecule has 0 spiro atoms. The molecule has 7 atom stereocenters. The Bertz CT molecular complexity index is 1350. The van der Waals surface area contributed by atoms with Gasteiger partial charge in [-0.2, -0.15) is 0 Å². The second kappa shape index (κ2) is 32.3. The lowest BCUT2D eigenvalue weighted by Gasteiger charge is -2.40. The number of ether oxygens (including phenoxy) is 6. The number of rotatable bonds is 35. The van der Waals surface area contributed by atoms with Crippen LogP contribution in [0.2, 0.25) is 0 Å². The number of hydrogen-bond donors (Lipinski definition) is 1. The minimum atomic E-state index is -0.378. The summed E-state index contributed by atoms with van der Waals surface area (Å²) in [5, 5.41) is 10.2. The fourth-order valence-electron chi connectivity index (χ4n) is 8.93. The first-order valence-electron chi connectivity index (χ1n) is 25.3. The van der Waals surface area contributed by atoms with E-state index in [0.29, 0.717) is 6.42 Å². The Balaban J connectivity index is 1.02. The lowest BCUT2D eigenvalue weighted by Crippen LogP contribution is -2.44. The predicted molar refractivity (Wildman–Crippen MR) is 252 cm³/mol. The van der Waals surface area contributed by atoms with Crippen LogP contribution in [0.4, 0.5) is 0 Å². The van der Waals surface area contributed by atoms with Crippen molar-refractivity contribution in [3.63, 3.8) is 0 Å². The van der Waals surface area contributed by atoms with Crippen molar-refractivity contribution in [1.82, 2.24) is 0 Å². The summed E-state index contributed by atoms with van der Waals surface area (Å²) in [5.74, 6) is 1.89. The Morgan fingerprint density at radius 3 is 1.43 bits per heavy atom. The van der Waals surface area contributed by atoms with E-state index in [1.165, 1.54) is 114 Å². The molecule has 346 valence electrons. The molecule has 2 heterocycles. The maximum absolute atomic E-state index is 10.2. The van der Waals surface area contributed by atoms with Gasteiger partial charge in [-0.15, -0.1) is 6.58 Å². The summed E-state index contributed by atoms with van der Waals surface area (Å²) < 4.78 is 37.8. The maximum Gasteiger partial charge on any atom is 0.158 e. The number of benzene rings is 2. The van der Waals surface area contributed by atoms with E-state index in [9.17, 15) is 5.11 Å². The Hall–Kier alpha value is -2.42. The average Bonchev–Trinajstić information content (AvgIpc) is 3.26. The largest absolute Gasteiger partial charge is 0.494 e. The number of aliphatic hydroxyl groups excluding tert-OH is 1. The van der Waals surface area contributed by atoms with Gasteiger partial charge in [0.25, 0.3) is 0 Å². The Morgan fingerprint density at radius 1 is 0.557 bits per heavy atom. The number of hydrogen-bond acceptors (Lipinski definition) is 7. The van der Waals surface area contributed by atoms with Gasteiger partial charge < -0.3 is 33.5 Å². The van der Waals surface area contributed by atoms with Crippen molar-refractivity contribution in [3.05, 3.63) is 61.2 Å². The first kappa shape index (κ1) is 51.2. The molecule has 4 rings (SSSR count). The second-order valence-corrected chi connectivity index (χ2v) is 18.2. The van der Waals surface area contributed by atoms with Gasteiger partial charge in [-0.25, -0.2) is 0 Å². The van der Waals surface area contributed by atoms with Gasteiger partial charge in [0.05, 0.1) is 43.7 Å². The lowest BCUT2D eigenvalue weighted by molar-refractivity contribution is -0.275. The zero-order chi connectivity index (χ0) is 43.2. The molecule has 2 aliphatic heterocycles. The summed E-state index contributed by atoms with van der Waals surface area (Å²) in [4.78, 5) is 0. The first-order chi connectivity index (χ1) is 29.9. The molecular weight excluding hydrogens is 761 g/mol. The lowest BCUT2D eigenvalue weighted by atomic mass is 9.96. The third-order valence-electron chi connectivity index (χ3n) is 12.5. The molecule has 7 heteroatoms. The highest BCUT2D eigenvalue weighted by Gasteiger charge is 2.36. The summed E-state index contributed by atoms with van der Waals surface area (Å²) in [5.41, 5.74) is 2.39. The van der Waals surface area contributed by atoms with Crippen LogP contribution in [0.25, 0.3) is 11.1 Å². The standard InChI is InChI=1S/C54H88O7/c1-5-8-10-12-13-15-18-22-26-38-56-48-34-30-45(31-35-48)46-32-36-49(37-33-46)57-39-27-23-19-16-14-17-21-25-29-54-59-50(40-44(4)55)42-52(61-54)43-51-41-47(7-3)58-53(60-51)28-24-20-11-9-6-2/h5,30-37,44,47,50-55H,1,6-29,38-43H2,2-4H3. The van der Waals surface area contributed by atoms with Gasteiger partial charge >= 0.3 is 0 Å². The van der Waals surface area contributed by atoms with E-state index >= 15 is 0 Å². The van der Waals surface area contributed by atoms with E-state index in [1.807, 2.05) is 13.0 Å². The average molecular weight is 849 g/mol.